The molecule has 10 nitrogen and oxygen atoms in total. The van der Waals surface area contributed by atoms with Crippen LogP contribution in [0.5, 0.6) is 0 Å². The lowest BCUT2D eigenvalue weighted by atomic mass is 10.2. The number of halogens is 1. The predicted octanol–water partition coefficient (Wildman–Crippen LogP) is 1.66. The Morgan fingerprint density at radius 2 is 2.00 bits per heavy atom. The monoisotopic (exact) mass is 413 g/mol. The van der Waals surface area contributed by atoms with Crippen molar-refractivity contribution in [2.45, 2.75) is 6.42 Å². The lowest BCUT2D eigenvalue weighted by Crippen LogP contribution is -2.29. The highest BCUT2D eigenvalue weighted by atomic mass is 19.1. The fourth-order valence-corrected chi connectivity index (χ4v) is 2.56. The van der Waals surface area contributed by atoms with Gasteiger partial charge in [0.05, 0.1) is 6.42 Å². The number of amides is 1. The van der Waals surface area contributed by atoms with E-state index in [0.717, 1.165) is 13.1 Å². The van der Waals surface area contributed by atoms with Gasteiger partial charge in [0.2, 0.25) is 17.8 Å². The molecule has 30 heavy (non-hydrogen) atoms. The van der Waals surface area contributed by atoms with Crippen molar-refractivity contribution < 1.29 is 9.18 Å². The van der Waals surface area contributed by atoms with Gasteiger partial charge >= 0.3 is 0 Å². The number of hydrogen-bond acceptors (Lipinski definition) is 8. The van der Waals surface area contributed by atoms with Gasteiger partial charge in [0, 0.05) is 37.6 Å². The van der Waals surface area contributed by atoms with Gasteiger partial charge in [-0.25, -0.2) is 14.4 Å². The second kappa shape index (κ2) is 9.74. The molecule has 3 N–H and O–H groups in total. The molecule has 0 aliphatic rings. The molecule has 0 saturated heterocycles. The molecule has 0 fully saturated rings. The average Bonchev–Trinajstić information content (AvgIpc) is 3.12. The van der Waals surface area contributed by atoms with E-state index in [1.807, 2.05) is 26.0 Å². The van der Waals surface area contributed by atoms with Gasteiger partial charge in [0.1, 0.15) is 12.1 Å². The lowest BCUT2D eigenvalue weighted by molar-refractivity contribution is -0.115. The maximum Gasteiger partial charge on any atom is 0.233 e. The topological polar surface area (TPSA) is 115 Å². The van der Waals surface area contributed by atoms with Gasteiger partial charge < -0.3 is 20.4 Å². The molecule has 0 atom stereocenters. The highest BCUT2D eigenvalue weighted by Gasteiger charge is 2.11. The van der Waals surface area contributed by atoms with Crippen LogP contribution >= 0.6 is 0 Å². The first-order valence-electron chi connectivity index (χ1n) is 9.30. The van der Waals surface area contributed by atoms with E-state index in [2.05, 4.69) is 40.7 Å². The molecule has 3 aromatic rings. The molecule has 0 aliphatic heterocycles. The maximum atomic E-state index is 13.2. The summed E-state index contributed by atoms with van der Waals surface area (Å²) >= 11 is 0. The number of aromatic nitrogens is 5. The standard InChI is InChI=1S/C19H24FN9O/c1-28(2)7-8-29(3)19-22-12-21-18(25-19)24-16-10-15(26-27-16)11-17(30)23-14-6-4-5-13(20)9-14/h4-6,9-10,12H,7-8,11H2,1-3H3,(H,23,30)(H2,21,22,24,25,26,27). The second-order valence-electron chi connectivity index (χ2n) is 6.97. The number of nitrogens with zero attached hydrogens (tertiary/aromatic N) is 6. The Kier molecular flexibility index (Phi) is 6.86. The summed E-state index contributed by atoms with van der Waals surface area (Å²) in [5.41, 5.74) is 0.984. The van der Waals surface area contributed by atoms with E-state index >= 15 is 0 Å². The Bertz CT molecular complexity index is 991. The van der Waals surface area contributed by atoms with E-state index in [1.165, 1.54) is 24.5 Å². The van der Waals surface area contributed by atoms with Gasteiger partial charge in [-0.3, -0.25) is 9.89 Å². The summed E-state index contributed by atoms with van der Waals surface area (Å²) in [5, 5.41) is 12.5. The smallest absolute Gasteiger partial charge is 0.233 e. The summed E-state index contributed by atoms with van der Waals surface area (Å²) in [4.78, 5) is 28.8. The lowest BCUT2D eigenvalue weighted by Gasteiger charge is -2.19. The van der Waals surface area contributed by atoms with Crippen molar-refractivity contribution in [2.75, 3.05) is 49.8 Å². The number of rotatable bonds is 9. The normalized spacial score (nSPS) is 10.8. The number of hydrogen-bond donors (Lipinski definition) is 3. The van der Waals surface area contributed by atoms with Gasteiger partial charge in [-0.1, -0.05) is 6.07 Å². The molecule has 0 unspecified atom stereocenters. The van der Waals surface area contributed by atoms with E-state index in [-0.39, 0.29) is 12.3 Å². The average molecular weight is 413 g/mol. The molecule has 3 rings (SSSR count). The van der Waals surface area contributed by atoms with Crippen molar-refractivity contribution in [3.8, 4) is 0 Å². The van der Waals surface area contributed by atoms with E-state index in [9.17, 15) is 9.18 Å². The van der Waals surface area contributed by atoms with Gasteiger partial charge in [-0.05, 0) is 32.3 Å². The summed E-state index contributed by atoms with van der Waals surface area (Å²) in [5.74, 6) is 0.654. The van der Waals surface area contributed by atoms with Crippen molar-refractivity contribution in [1.29, 1.82) is 0 Å². The Morgan fingerprint density at radius 1 is 1.17 bits per heavy atom. The minimum absolute atomic E-state index is 0.0565. The summed E-state index contributed by atoms with van der Waals surface area (Å²) in [6.07, 6.45) is 1.48. The number of aromatic amines is 1. The number of carbonyl (C=O) groups is 1. The zero-order valence-corrected chi connectivity index (χ0v) is 17.1. The first-order valence-corrected chi connectivity index (χ1v) is 9.30. The minimum atomic E-state index is -0.412. The van der Waals surface area contributed by atoms with Crippen LogP contribution < -0.4 is 15.5 Å². The largest absolute Gasteiger partial charge is 0.342 e. The van der Waals surface area contributed by atoms with Crippen LogP contribution in [0.3, 0.4) is 0 Å². The van der Waals surface area contributed by atoms with Gasteiger partial charge in [-0.2, -0.15) is 10.1 Å². The molecule has 2 heterocycles. The molecule has 0 bridgehead atoms. The van der Waals surface area contributed by atoms with Crippen LogP contribution in [0.2, 0.25) is 0 Å². The third kappa shape index (κ3) is 6.21. The van der Waals surface area contributed by atoms with Gasteiger partial charge in [0.25, 0.3) is 0 Å². The van der Waals surface area contributed by atoms with Crippen LogP contribution in [0.25, 0.3) is 0 Å². The van der Waals surface area contributed by atoms with E-state index in [1.54, 1.807) is 12.1 Å². The van der Waals surface area contributed by atoms with Crippen LogP contribution in [0, 0.1) is 5.82 Å². The summed E-state index contributed by atoms with van der Waals surface area (Å²) in [6.45, 7) is 1.63. The van der Waals surface area contributed by atoms with Crippen molar-refractivity contribution in [2.24, 2.45) is 0 Å². The van der Waals surface area contributed by atoms with E-state index in [4.69, 9.17) is 0 Å². The molecule has 0 saturated carbocycles. The van der Waals surface area contributed by atoms with Crippen molar-refractivity contribution in [3.05, 3.63) is 48.2 Å². The molecule has 2 aromatic heterocycles. The van der Waals surface area contributed by atoms with Crippen LogP contribution in [-0.4, -0.2) is 70.2 Å². The number of carbonyl (C=O) groups excluding carboxylic acids is 1. The molecule has 158 valence electrons. The number of likely N-dealkylation sites (N-methyl/N-ethyl adjacent to an activating group) is 2. The van der Waals surface area contributed by atoms with Crippen molar-refractivity contribution in [1.82, 2.24) is 30.0 Å². The van der Waals surface area contributed by atoms with Crippen molar-refractivity contribution in [3.63, 3.8) is 0 Å². The molecular formula is C19H24FN9O. The number of H-pyrrole nitrogens is 1. The Balaban J connectivity index is 1.57. The summed E-state index contributed by atoms with van der Waals surface area (Å²) in [6, 6.07) is 7.41. The summed E-state index contributed by atoms with van der Waals surface area (Å²) < 4.78 is 13.2. The van der Waals surface area contributed by atoms with Crippen molar-refractivity contribution >= 4 is 29.3 Å². The fraction of sp³-hybridized carbons (Fsp3) is 0.316. The molecule has 0 spiro atoms. The van der Waals surface area contributed by atoms with Crippen LogP contribution in [0.4, 0.5) is 27.8 Å². The zero-order chi connectivity index (χ0) is 21.5. The Morgan fingerprint density at radius 3 is 2.77 bits per heavy atom. The van der Waals surface area contributed by atoms with Crippen LogP contribution in [-0.2, 0) is 11.2 Å². The number of nitrogens with one attached hydrogen (secondary N) is 3. The van der Waals surface area contributed by atoms with E-state index in [0.29, 0.717) is 29.1 Å². The molecule has 11 heteroatoms. The molecule has 1 amide bonds. The molecule has 1 aromatic carbocycles. The van der Waals surface area contributed by atoms with E-state index < -0.39 is 5.82 Å². The molecule has 0 aliphatic carbocycles. The fourth-order valence-electron chi connectivity index (χ4n) is 2.56. The van der Waals surface area contributed by atoms with Crippen LogP contribution in [0.15, 0.2) is 36.7 Å². The third-order valence-electron chi connectivity index (χ3n) is 4.11. The quantitative estimate of drug-likeness (QED) is 0.485. The van der Waals surface area contributed by atoms with Gasteiger partial charge in [-0.15, -0.1) is 0 Å². The minimum Gasteiger partial charge on any atom is -0.342 e. The summed E-state index contributed by atoms with van der Waals surface area (Å²) in [7, 11) is 5.91. The zero-order valence-electron chi connectivity index (χ0n) is 17.1. The highest BCUT2D eigenvalue weighted by molar-refractivity contribution is 5.92. The number of anilines is 4. The predicted molar refractivity (Wildman–Crippen MR) is 112 cm³/mol. The third-order valence-corrected chi connectivity index (χ3v) is 4.11. The maximum absolute atomic E-state index is 13.2. The molecule has 0 radical (unpaired) electrons. The first-order chi connectivity index (χ1) is 14.4. The van der Waals surface area contributed by atoms with Gasteiger partial charge in [0.15, 0.2) is 5.82 Å². The number of benzene rings is 1. The first kappa shape index (κ1) is 21.1. The SMILES string of the molecule is CN(C)CCN(C)c1ncnc(Nc2cc(CC(=O)Nc3cccc(F)c3)[nH]n2)n1. The van der Waals surface area contributed by atoms with Crippen LogP contribution in [0.1, 0.15) is 5.69 Å². The highest BCUT2D eigenvalue weighted by Crippen LogP contribution is 2.14. The second-order valence-corrected chi connectivity index (χ2v) is 6.97. The Hall–Kier alpha value is -3.60. The Labute approximate surface area is 173 Å². The molecular weight excluding hydrogens is 389 g/mol.